The van der Waals surface area contributed by atoms with Crippen molar-refractivity contribution in [3.05, 3.63) is 11.6 Å². The third-order valence-electron chi connectivity index (χ3n) is 2.48. The lowest BCUT2D eigenvalue weighted by Crippen LogP contribution is -2.45. The van der Waals surface area contributed by atoms with Crippen LogP contribution in [0.25, 0.3) is 0 Å². The Hall–Kier alpha value is -0.910. The number of carbonyl (C=O) groups excluding carboxylic acids is 1. The van der Waals surface area contributed by atoms with E-state index >= 15 is 0 Å². The van der Waals surface area contributed by atoms with Gasteiger partial charge in [0.05, 0.1) is 12.2 Å². The molecule has 0 saturated carbocycles. The number of rotatable bonds is 2. The second-order valence-corrected chi connectivity index (χ2v) is 3.17. The van der Waals surface area contributed by atoms with Crippen LogP contribution in [0.15, 0.2) is 11.6 Å². The van der Waals surface area contributed by atoms with E-state index < -0.39 is 18.0 Å². The van der Waals surface area contributed by atoms with Crippen LogP contribution in [0.5, 0.6) is 0 Å². The fraction of sp³-hybridized carbons (Fsp3) is 0.667. The van der Waals surface area contributed by atoms with Gasteiger partial charge in [0.1, 0.15) is 0 Å². The summed E-state index contributed by atoms with van der Waals surface area (Å²) < 4.78 is 20.7. The Bertz CT molecular complexity index is 285. The summed E-state index contributed by atoms with van der Waals surface area (Å²) in [4.78, 5) is 11.1. The second-order valence-electron chi connectivity index (χ2n) is 3.17. The number of hydrogen-bond donors (Lipinski definition) is 0. The molecule has 0 amide bonds. The van der Waals surface area contributed by atoms with Crippen LogP contribution >= 0.6 is 0 Å². The van der Waals surface area contributed by atoms with E-state index in [2.05, 4.69) is 0 Å². The van der Waals surface area contributed by atoms with E-state index in [1.807, 2.05) is 0 Å². The third-order valence-corrected chi connectivity index (χ3v) is 2.48. The van der Waals surface area contributed by atoms with Crippen LogP contribution in [-0.2, 0) is 23.7 Å². The summed E-state index contributed by atoms with van der Waals surface area (Å²) >= 11 is 0. The van der Waals surface area contributed by atoms with Crippen LogP contribution < -0.4 is 0 Å². The molecule has 2 heterocycles. The van der Waals surface area contributed by atoms with E-state index in [0.29, 0.717) is 18.6 Å². The minimum atomic E-state index is -0.962. The normalized spacial score (nSPS) is 36.3. The molecule has 0 radical (unpaired) electrons. The van der Waals surface area contributed by atoms with Crippen molar-refractivity contribution in [2.24, 2.45) is 0 Å². The van der Waals surface area contributed by atoms with Gasteiger partial charge in [-0.05, 0) is 0 Å². The van der Waals surface area contributed by atoms with E-state index in [9.17, 15) is 4.79 Å². The summed E-state index contributed by atoms with van der Waals surface area (Å²) in [6.07, 6.45) is 1.33. The summed E-state index contributed by atoms with van der Waals surface area (Å²) in [6, 6.07) is 0. The lowest BCUT2D eigenvalue weighted by atomic mass is 10.0. The van der Waals surface area contributed by atoms with Crippen molar-refractivity contribution in [1.82, 2.24) is 0 Å². The highest BCUT2D eigenvalue weighted by atomic mass is 16.7. The summed E-state index contributed by atoms with van der Waals surface area (Å²) in [6.45, 7) is 0.441. The van der Waals surface area contributed by atoms with Crippen LogP contribution in [0.4, 0.5) is 0 Å². The predicted molar refractivity (Wildman–Crippen MR) is 45.3 cm³/mol. The van der Waals surface area contributed by atoms with Crippen molar-refractivity contribution in [2.75, 3.05) is 20.8 Å². The van der Waals surface area contributed by atoms with Crippen LogP contribution in [0.3, 0.4) is 0 Å². The Balaban J connectivity index is 2.32. The fourth-order valence-corrected chi connectivity index (χ4v) is 1.78. The highest BCUT2D eigenvalue weighted by Crippen LogP contribution is 2.38. The Morgan fingerprint density at radius 3 is 3.00 bits per heavy atom. The number of hydrogen-bond acceptors (Lipinski definition) is 5. The summed E-state index contributed by atoms with van der Waals surface area (Å²) in [5.74, 6) is -1.37. The highest BCUT2D eigenvalue weighted by Gasteiger charge is 2.50. The molecule has 78 valence electrons. The monoisotopic (exact) mass is 200 g/mol. The molecule has 0 bridgehead atoms. The smallest absolute Gasteiger partial charge is 0.333 e. The van der Waals surface area contributed by atoms with Gasteiger partial charge in [-0.15, -0.1) is 0 Å². The Labute approximate surface area is 81.6 Å². The summed E-state index contributed by atoms with van der Waals surface area (Å²) in [5.41, 5.74) is 0.610. The number of methoxy groups -OCH3 is 2. The zero-order valence-corrected chi connectivity index (χ0v) is 8.11. The lowest BCUT2D eigenvalue weighted by molar-refractivity contribution is -0.238. The van der Waals surface area contributed by atoms with Gasteiger partial charge in [-0.2, -0.15) is 0 Å². The van der Waals surface area contributed by atoms with Gasteiger partial charge in [-0.25, -0.2) is 4.79 Å². The van der Waals surface area contributed by atoms with Crippen LogP contribution in [0, 0.1) is 0 Å². The zero-order valence-electron chi connectivity index (χ0n) is 8.11. The van der Waals surface area contributed by atoms with E-state index in [4.69, 9.17) is 18.9 Å². The summed E-state index contributed by atoms with van der Waals surface area (Å²) in [5, 5.41) is 0. The molecule has 1 fully saturated rings. The van der Waals surface area contributed by atoms with E-state index in [1.54, 1.807) is 0 Å². The molecular formula is C9H12O5. The highest BCUT2D eigenvalue weighted by molar-refractivity contribution is 5.86. The molecule has 2 rings (SSSR count). The first-order valence-electron chi connectivity index (χ1n) is 4.36. The first kappa shape index (κ1) is 9.64. The van der Waals surface area contributed by atoms with Gasteiger partial charge in [0.2, 0.25) is 5.79 Å². The van der Waals surface area contributed by atoms with Crippen LogP contribution in [-0.4, -0.2) is 38.9 Å². The third kappa shape index (κ3) is 1.25. The lowest BCUT2D eigenvalue weighted by Gasteiger charge is -2.36. The van der Waals surface area contributed by atoms with Crippen molar-refractivity contribution < 1.29 is 23.7 Å². The van der Waals surface area contributed by atoms with Gasteiger partial charge >= 0.3 is 5.97 Å². The minimum Gasteiger partial charge on any atom is -0.425 e. The predicted octanol–water partition coefficient (Wildman–Crippen LogP) is 0.205. The topological polar surface area (TPSA) is 54.0 Å². The average molecular weight is 200 g/mol. The zero-order chi connectivity index (χ0) is 10.2. The molecule has 1 saturated heterocycles. The average Bonchev–Trinajstić information content (AvgIpc) is 2.54. The van der Waals surface area contributed by atoms with E-state index in [1.165, 1.54) is 20.3 Å². The molecule has 5 heteroatoms. The molecule has 2 aliphatic heterocycles. The maximum absolute atomic E-state index is 11.1. The van der Waals surface area contributed by atoms with Crippen molar-refractivity contribution in [3.63, 3.8) is 0 Å². The maximum atomic E-state index is 11.1. The van der Waals surface area contributed by atoms with Crippen molar-refractivity contribution in [3.8, 4) is 0 Å². The van der Waals surface area contributed by atoms with Gasteiger partial charge in [0, 0.05) is 26.7 Å². The molecule has 0 spiro atoms. The molecule has 0 aromatic rings. The van der Waals surface area contributed by atoms with Gasteiger partial charge in [-0.1, -0.05) is 0 Å². The molecule has 0 aromatic carbocycles. The Morgan fingerprint density at radius 2 is 2.36 bits per heavy atom. The first-order chi connectivity index (χ1) is 6.72. The minimum absolute atomic E-state index is 0.408. The fourth-order valence-electron chi connectivity index (χ4n) is 1.78. The standard InChI is InChI=1S/C9H12O5/c1-11-8-6-5-7(10)14-9(6,12-2)3-4-13-8/h5,8H,3-4H2,1-2H3/t8-,9-/m0/s1. The van der Waals surface area contributed by atoms with Gasteiger partial charge in [0.25, 0.3) is 0 Å². The Morgan fingerprint density at radius 1 is 1.57 bits per heavy atom. The molecule has 14 heavy (non-hydrogen) atoms. The van der Waals surface area contributed by atoms with Crippen molar-refractivity contribution in [1.29, 1.82) is 0 Å². The molecular weight excluding hydrogens is 188 g/mol. The summed E-state index contributed by atoms with van der Waals surface area (Å²) in [7, 11) is 3.02. The first-order valence-corrected chi connectivity index (χ1v) is 4.36. The van der Waals surface area contributed by atoms with Crippen molar-refractivity contribution in [2.45, 2.75) is 18.5 Å². The van der Waals surface area contributed by atoms with Gasteiger partial charge < -0.3 is 18.9 Å². The SMILES string of the molecule is CO[C@H]1OCC[C@]2(OC)OC(=O)C=C12. The Kier molecular flexibility index (Phi) is 2.30. The molecule has 0 unspecified atom stereocenters. The van der Waals surface area contributed by atoms with Gasteiger partial charge in [0.15, 0.2) is 6.29 Å². The van der Waals surface area contributed by atoms with Crippen molar-refractivity contribution >= 4 is 5.97 Å². The molecule has 0 aromatic heterocycles. The number of ether oxygens (including phenoxy) is 4. The molecule has 5 nitrogen and oxygen atoms in total. The quantitative estimate of drug-likeness (QED) is 0.596. The second kappa shape index (κ2) is 3.34. The number of carbonyl (C=O) groups is 1. The largest absolute Gasteiger partial charge is 0.425 e. The van der Waals surface area contributed by atoms with Crippen LogP contribution in [0.1, 0.15) is 6.42 Å². The molecule has 0 aliphatic carbocycles. The molecule has 2 aliphatic rings. The van der Waals surface area contributed by atoms with Crippen LogP contribution in [0.2, 0.25) is 0 Å². The number of esters is 1. The molecule has 0 N–H and O–H groups in total. The maximum Gasteiger partial charge on any atom is 0.333 e. The van der Waals surface area contributed by atoms with Gasteiger partial charge in [-0.3, -0.25) is 0 Å². The molecule has 2 atom stereocenters. The van der Waals surface area contributed by atoms with E-state index in [0.717, 1.165) is 0 Å². The van der Waals surface area contributed by atoms with E-state index in [-0.39, 0.29) is 0 Å². The number of fused-ring (bicyclic) bond motifs is 1.